The summed E-state index contributed by atoms with van der Waals surface area (Å²) in [5.41, 5.74) is 1.93. The zero-order valence-electron chi connectivity index (χ0n) is 19.3. The molecule has 0 fully saturated rings. The number of aromatic nitrogens is 1. The number of methoxy groups -OCH3 is 3. The van der Waals surface area contributed by atoms with Crippen molar-refractivity contribution >= 4 is 6.03 Å². The van der Waals surface area contributed by atoms with Gasteiger partial charge in [-0.2, -0.15) is 0 Å². The smallest absolute Gasteiger partial charge is 0.317 e. The highest BCUT2D eigenvalue weighted by Crippen LogP contribution is 2.27. The summed E-state index contributed by atoms with van der Waals surface area (Å²) in [6.07, 6.45) is 2.38. The first-order valence-corrected chi connectivity index (χ1v) is 10.5. The second-order valence-corrected chi connectivity index (χ2v) is 7.31. The third-order valence-corrected chi connectivity index (χ3v) is 5.04. The minimum atomic E-state index is -0.160. The van der Waals surface area contributed by atoms with Crippen molar-refractivity contribution in [3.8, 4) is 28.9 Å². The highest BCUT2D eigenvalue weighted by Gasteiger charge is 2.10. The fraction of sp³-hybridized carbons (Fsp3) is 0.280. The average molecular weight is 452 g/mol. The van der Waals surface area contributed by atoms with Crippen molar-refractivity contribution < 1.29 is 23.7 Å². The van der Waals surface area contributed by atoms with Gasteiger partial charge in [0.15, 0.2) is 11.5 Å². The van der Waals surface area contributed by atoms with Crippen LogP contribution in [0, 0.1) is 0 Å². The van der Waals surface area contributed by atoms with Crippen LogP contribution in [0.2, 0.25) is 0 Å². The second kappa shape index (κ2) is 11.6. The van der Waals surface area contributed by atoms with E-state index in [1.165, 1.54) is 0 Å². The lowest BCUT2D eigenvalue weighted by Gasteiger charge is -2.18. The van der Waals surface area contributed by atoms with Gasteiger partial charge in [-0.1, -0.05) is 18.2 Å². The molecule has 0 bridgehead atoms. The molecule has 3 aromatic rings. The van der Waals surface area contributed by atoms with Crippen LogP contribution in [-0.4, -0.2) is 50.8 Å². The molecule has 8 nitrogen and oxygen atoms in total. The number of carbonyl (C=O) groups excluding carboxylic acids is 1. The van der Waals surface area contributed by atoms with Crippen LogP contribution < -0.4 is 24.3 Å². The van der Waals surface area contributed by atoms with Gasteiger partial charge >= 0.3 is 6.03 Å². The molecular weight excluding hydrogens is 422 g/mol. The summed E-state index contributed by atoms with van der Waals surface area (Å²) in [4.78, 5) is 18.4. The lowest BCUT2D eigenvalue weighted by atomic mass is 10.1. The molecule has 8 heteroatoms. The van der Waals surface area contributed by atoms with Gasteiger partial charge in [0.05, 0.1) is 21.3 Å². The molecule has 0 unspecified atom stereocenters. The van der Waals surface area contributed by atoms with Gasteiger partial charge in [-0.05, 0) is 41.8 Å². The standard InChI is InChI=1S/C25H29N3O5/c1-28(13-12-18-8-10-22(31-3)23(14-18)32-4)25(29)27-17-19-9-11-24(26-16-19)33-21-7-5-6-20(15-21)30-2/h5-11,14-16H,12-13,17H2,1-4H3,(H,27,29). The van der Waals surface area contributed by atoms with Crippen molar-refractivity contribution in [2.24, 2.45) is 0 Å². The summed E-state index contributed by atoms with van der Waals surface area (Å²) in [7, 11) is 6.58. The lowest BCUT2D eigenvalue weighted by Crippen LogP contribution is -2.38. The van der Waals surface area contributed by atoms with Crippen LogP contribution in [0.15, 0.2) is 60.8 Å². The van der Waals surface area contributed by atoms with Gasteiger partial charge in [-0.25, -0.2) is 9.78 Å². The first-order valence-electron chi connectivity index (χ1n) is 10.5. The van der Waals surface area contributed by atoms with Crippen molar-refractivity contribution in [1.82, 2.24) is 15.2 Å². The molecule has 1 heterocycles. The number of ether oxygens (including phenoxy) is 4. The van der Waals surface area contributed by atoms with Crippen LogP contribution in [0.25, 0.3) is 0 Å². The van der Waals surface area contributed by atoms with Crippen molar-refractivity contribution in [1.29, 1.82) is 0 Å². The third-order valence-electron chi connectivity index (χ3n) is 5.04. The fourth-order valence-corrected chi connectivity index (χ4v) is 3.11. The SMILES string of the molecule is COc1cccc(Oc2ccc(CNC(=O)N(C)CCc3ccc(OC)c(OC)c3)cn2)c1. The highest BCUT2D eigenvalue weighted by atomic mass is 16.5. The number of urea groups is 1. The molecule has 1 aromatic heterocycles. The Morgan fingerprint density at radius 3 is 2.36 bits per heavy atom. The maximum atomic E-state index is 12.4. The molecule has 0 aliphatic carbocycles. The van der Waals surface area contributed by atoms with Gasteiger partial charge in [0.1, 0.15) is 11.5 Å². The molecular formula is C25H29N3O5. The Kier molecular flexibility index (Phi) is 8.35. The van der Waals surface area contributed by atoms with E-state index < -0.39 is 0 Å². The number of hydrogen-bond donors (Lipinski definition) is 1. The molecule has 3 rings (SSSR count). The summed E-state index contributed by atoms with van der Waals surface area (Å²) in [5, 5.41) is 2.90. The number of rotatable bonds is 10. The zero-order valence-corrected chi connectivity index (χ0v) is 19.3. The number of carbonyl (C=O) groups is 1. The minimum Gasteiger partial charge on any atom is -0.497 e. The number of benzene rings is 2. The number of hydrogen-bond acceptors (Lipinski definition) is 6. The van der Waals surface area contributed by atoms with E-state index in [-0.39, 0.29) is 6.03 Å². The van der Waals surface area contributed by atoms with Crippen molar-refractivity contribution in [3.05, 3.63) is 71.9 Å². The van der Waals surface area contributed by atoms with Crippen LogP contribution in [0.3, 0.4) is 0 Å². The number of likely N-dealkylation sites (N-methyl/N-ethyl adjacent to an activating group) is 1. The van der Waals surface area contributed by atoms with Crippen molar-refractivity contribution in [2.75, 3.05) is 34.9 Å². The Morgan fingerprint density at radius 1 is 0.909 bits per heavy atom. The van der Waals surface area contributed by atoms with E-state index in [9.17, 15) is 4.79 Å². The Bertz CT molecular complexity index is 1060. The highest BCUT2D eigenvalue weighted by molar-refractivity contribution is 5.73. The van der Waals surface area contributed by atoms with Crippen LogP contribution in [-0.2, 0) is 13.0 Å². The number of pyridine rings is 1. The molecule has 0 spiro atoms. The molecule has 33 heavy (non-hydrogen) atoms. The number of nitrogens with one attached hydrogen (secondary N) is 1. The van der Waals surface area contributed by atoms with E-state index in [1.807, 2.05) is 42.5 Å². The monoisotopic (exact) mass is 451 g/mol. The predicted octanol–water partition coefficient (Wildman–Crippen LogP) is 4.28. The molecule has 0 saturated heterocycles. The van der Waals surface area contributed by atoms with Gasteiger partial charge in [0.25, 0.3) is 0 Å². The second-order valence-electron chi connectivity index (χ2n) is 7.31. The lowest BCUT2D eigenvalue weighted by molar-refractivity contribution is 0.209. The Hall–Kier alpha value is -3.94. The Morgan fingerprint density at radius 2 is 1.67 bits per heavy atom. The van der Waals surface area contributed by atoms with E-state index in [4.69, 9.17) is 18.9 Å². The van der Waals surface area contributed by atoms with Crippen LogP contribution in [0.5, 0.6) is 28.9 Å². The quantitative estimate of drug-likeness (QED) is 0.495. The summed E-state index contributed by atoms with van der Waals surface area (Å²) >= 11 is 0. The largest absolute Gasteiger partial charge is 0.497 e. The summed E-state index contributed by atoms with van der Waals surface area (Å²) < 4.78 is 21.5. The van der Waals surface area contributed by atoms with Gasteiger partial charge in [-0.15, -0.1) is 0 Å². The van der Waals surface area contributed by atoms with Crippen molar-refractivity contribution in [3.63, 3.8) is 0 Å². The molecule has 174 valence electrons. The maximum Gasteiger partial charge on any atom is 0.317 e. The van der Waals surface area contributed by atoms with Crippen LogP contribution in [0.1, 0.15) is 11.1 Å². The van der Waals surface area contributed by atoms with E-state index in [0.717, 1.165) is 11.1 Å². The molecule has 2 aromatic carbocycles. The minimum absolute atomic E-state index is 0.160. The first kappa shape index (κ1) is 23.7. The number of amides is 2. The summed E-state index contributed by atoms with van der Waals surface area (Å²) in [5.74, 6) is 3.17. The first-order chi connectivity index (χ1) is 16.0. The molecule has 1 N–H and O–H groups in total. The van der Waals surface area contributed by atoms with E-state index >= 15 is 0 Å². The maximum absolute atomic E-state index is 12.4. The van der Waals surface area contributed by atoms with E-state index in [2.05, 4.69) is 10.3 Å². The molecule has 2 amide bonds. The summed E-state index contributed by atoms with van der Waals surface area (Å²) in [6.45, 7) is 0.929. The molecule has 0 saturated carbocycles. The van der Waals surface area contributed by atoms with E-state index in [0.29, 0.717) is 48.4 Å². The normalized spacial score (nSPS) is 10.3. The molecule has 0 atom stereocenters. The number of nitrogens with zero attached hydrogens (tertiary/aromatic N) is 2. The Labute approximate surface area is 194 Å². The predicted molar refractivity (Wildman–Crippen MR) is 125 cm³/mol. The van der Waals surface area contributed by atoms with Crippen molar-refractivity contribution in [2.45, 2.75) is 13.0 Å². The average Bonchev–Trinajstić information content (AvgIpc) is 2.86. The summed E-state index contributed by atoms with van der Waals surface area (Å²) in [6, 6.07) is 16.5. The van der Waals surface area contributed by atoms with Gasteiger partial charge in [0, 0.05) is 38.5 Å². The van der Waals surface area contributed by atoms with Gasteiger partial charge in [-0.3, -0.25) is 0 Å². The van der Waals surface area contributed by atoms with Crippen LogP contribution >= 0.6 is 0 Å². The molecule has 0 radical (unpaired) electrons. The van der Waals surface area contributed by atoms with Gasteiger partial charge in [0.2, 0.25) is 5.88 Å². The zero-order chi connectivity index (χ0) is 23.6. The van der Waals surface area contributed by atoms with Gasteiger partial charge < -0.3 is 29.2 Å². The fourth-order valence-electron chi connectivity index (χ4n) is 3.11. The topological polar surface area (TPSA) is 82.2 Å². The van der Waals surface area contributed by atoms with E-state index in [1.54, 1.807) is 51.6 Å². The molecule has 0 aliphatic rings. The molecule has 0 aliphatic heterocycles. The Balaban J connectivity index is 1.46. The van der Waals surface area contributed by atoms with Crippen LogP contribution in [0.4, 0.5) is 4.79 Å². The third kappa shape index (κ3) is 6.77.